The second-order valence-electron chi connectivity index (χ2n) is 5.62. The lowest BCUT2D eigenvalue weighted by atomic mass is 10.1. The summed E-state index contributed by atoms with van der Waals surface area (Å²) in [5.74, 6) is -0.0188. The standard InChI is InChI=1S/C15H26N2O3S/c1-5-20-15(2,3)12-17-21(18,19)11-14-8-6-13(7-9-14)10-16-4/h6-9,16-17H,5,10-12H2,1-4H3. The second-order valence-corrected chi connectivity index (χ2v) is 7.43. The van der Waals surface area contributed by atoms with Gasteiger partial charge in [0.1, 0.15) is 0 Å². The van der Waals surface area contributed by atoms with Crippen molar-refractivity contribution in [1.82, 2.24) is 10.0 Å². The highest BCUT2D eigenvalue weighted by atomic mass is 32.2. The first-order chi connectivity index (χ1) is 9.78. The SMILES string of the molecule is CCOC(C)(C)CNS(=O)(=O)Cc1ccc(CNC)cc1. The largest absolute Gasteiger partial charge is 0.375 e. The predicted molar refractivity (Wildman–Crippen MR) is 85.5 cm³/mol. The Morgan fingerprint density at radius 3 is 2.24 bits per heavy atom. The molecule has 5 nitrogen and oxygen atoms in total. The maximum atomic E-state index is 12.1. The van der Waals surface area contributed by atoms with E-state index in [1.807, 2.05) is 52.1 Å². The van der Waals surface area contributed by atoms with Crippen LogP contribution in [0.1, 0.15) is 31.9 Å². The molecule has 0 aliphatic heterocycles. The number of hydrogen-bond acceptors (Lipinski definition) is 4. The van der Waals surface area contributed by atoms with Gasteiger partial charge < -0.3 is 10.1 Å². The van der Waals surface area contributed by atoms with Gasteiger partial charge in [-0.2, -0.15) is 0 Å². The van der Waals surface area contributed by atoms with Crippen molar-refractivity contribution in [3.63, 3.8) is 0 Å². The van der Waals surface area contributed by atoms with Gasteiger partial charge in [0.2, 0.25) is 10.0 Å². The van der Waals surface area contributed by atoms with Crippen molar-refractivity contribution in [1.29, 1.82) is 0 Å². The third-order valence-electron chi connectivity index (χ3n) is 3.01. The van der Waals surface area contributed by atoms with E-state index in [1.54, 1.807) is 0 Å². The minimum Gasteiger partial charge on any atom is -0.375 e. The van der Waals surface area contributed by atoms with Gasteiger partial charge in [-0.1, -0.05) is 24.3 Å². The van der Waals surface area contributed by atoms with Crippen molar-refractivity contribution in [3.05, 3.63) is 35.4 Å². The van der Waals surface area contributed by atoms with E-state index in [2.05, 4.69) is 10.0 Å². The molecule has 0 saturated carbocycles. The summed E-state index contributed by atoms with van der Waals surface area (Å²) in [6, 6.07) is 7.57. The van der Waals surface area contributed by atoms with Crippen LogP contribution in [0.25, 0.3) is 0 Å². The van der Waals surface area contributed by atoms with Gasteiger partial charge in [-0.05, 0) is 38.9 Å². The van der Waals surface area contributed by atoms with Crippen molar-refractivity contribution in [2.75, 3.05) is 20.2 Å². The van der Waals surface area contributed by atoms with Crippen LogP contribution in [0.2, 0.25) is 0 Å². The lowest BCUT2D eigenvalue weighted by molar-refractivity contribution is -0.00515. The molecule has 1 aromatic rings. The highest BCUT2D eigenvalue weighted by Gasteiger charge is 2.21. The van der Waals surface area contributed by atoms with Gasteiger partial charge in [0.15, 0.2) is 0 Å². The minimum atomic E-state index is -3.36. The van der Waals surface area contributed by atoms with Crippen LogP contribution < -0.4 is 10.0 Å². The molecule has 2 N–H and O–H groups in total. The Morgan fingerprint density at radius 1 is 1.14 bits per heavy atom. The third kappa shape index (κ3) is 7.04. The maximum Gasteiger partial charge on any atom is 0.215 e. The monoisotopic (exact) mass is 314 g/mol. The minimum absolute atomic E-state index is 0.0188. The molecule has 0 heterocycles. The van der Waals surface area contributed by atoms with E-state index in [1.165, 1.54) is 0 Å². The molecule has 120 valence electrons. The summed E-state index contributed by atoms with van der Waals surface area (Å²) < 4.78 is 32.3. The first-order valence-corrected chi connectivity index (χ1v) is 8.77. The smallest absolute Gasteiger partial charge is 0.215 e. The summed E-state index contributed by atoms with van der Waals surface area (Å²) in [6.45, 7) is 7.22. The van der Waals surface area contributed by atoms with Crippen molar-refractivity contribution >= 4 is 10.0 Å². The fraction of sp³-hybridized carbons (Fsp3) is 0.600. The molecule has 0 aliphatic rings. The molecule has 0 radical (unpaired) electrons. The number of nitrogens with one attached hydrogen (secondary N) is 2. The summed E-state index contributed by atoms with van der Waals surface area (Å²) in [6.07, 6.45) is 0. The van der Waals surface area contributed by atoms with Crippen LogP contribution in [0.3, 0.4) is 0 Å². The lowest BCUT2D eigenvalue weighted by Gasteiger charge is -2.24. The normalized spacial score (nSPS) is 12.6. The Hall–Kier alpha value is -0.950. The molecular formula is C15H26N2O3S. The van der Waals surface area contributed by atoms with E-state index >= 15 is 0 Å². The molecule has 0 fully saturated rings. The molecule has 1 aromatic carbocycles. The van der Waals surface area contributed by atoms with Gasteiger partial charge in [-0.25, -0.2) is 13.1 Å². The van der Waals surface area contributed by atoms with Crippen molar-refractivity contribution in [2.24, 2.45) is 0 Å². The van der Waals surface area contributed by atoms with E-state index in [0.717, 1.165) is 17.7 Å². The fourth-order valence-corrected chi connectivity index (χ4v) is 3.25. The number of hydrogen-bond donors (Lipinski definition) is 2. The van der Waals surface area contributed by atoms with Gasteiger partial charge in [0, 0.05) is 19.7 Å². The quantitative estimate of drug-likeness (QED) is 0.727. The van der Waals surface area contributed by atoms with Crippen LogP contribution in [0.4, 0.5) is 0 Å². The summed E-state index contributed by atoms with van der Waals surface area (Å²) in [5.41, 5.74) is 1.40. The van der Waals surface area contributed by atoms with Gasteiger partial charge >= 0.3 is 0 Å². The average molecular weight is 314 g/mol. The van der Waals surface area contributed by atoms with Gasteiger partial charge in [0.25, 0.3) is 0 Å². The highest BCUT2D eigenvalue weighted by molar-refractivity contribution is 7.88. The zero-order valence-corrected chi connectivity index (χ0v) is 14.1. The van der Waals surface area contributed by atoms with E-state index in [4.69, 9.17) is 4.74 Å². The molecule has 0 atom stereocenters. The van der Waals surface area contributed by atoms with Crippen LogP contribution in [0.5, 0.6) is 0 Å². The van der Waals surface area contributed by atoms with E-state index in [-0.39, 0.29) is 12.3 Å². The van der Waals surface area contributed by atoms with E-state index in [0.29, 0.717) is 6.61 Å². The maximum absolute atomic E-state index is 12.1. The highest BCUT2D eigenvalue weighted by Crippen LogP contribution is 2.11. The zero-order chi connectivity index (χ0) is 15.9. The lowest BCUT2D eigenvalue weighted by Crippen LogP contribution is -2.40. The molecule has 21 heavy (non-hydrogen) atoms. The topological polar surface area (TPSA) is 67.4 Å². The van der Waals surface area contributed by atoms with Crippen molar-refractivity contribution < 1.29 is 13.2 Å². The van der Waals surface area contributed by atoms with Gasteiger partial charge in [-0.3, -0.25) is 0 Å². The van der Waals surface area contributed by atoms with Crippen LogP contribution in [0.15, 0.2) is 24.3 Å². The Bertz CT molecular complexity index is 524. The number of sulfonamides is 1. The van der Waals surface area contributed by atoms with Crippen LogP contribution >= 0.6 is 0 Å². The average Bonchev–Trinajstić information content (AvgIpc) is 2.39. The fourth-order valence-electron chi connectivity index (χ4n) is 1.95. The molecule has 6 heteroatoms. The number of benzene rings is 1. The molecule has 0 aromatic heterocycles. The van der Waals surface area contributed by atoms with Crippen LogP contribution in [-0.4, -0.2) is 34.2 Å². The number of rotatable bonds is 9. The Morgan fingerprint density at radius 2 is 1.71 bits per heavy atom. The van der Waals surface area contributed by atoms with Crippen molar-refractivity contribution in [2.45, 2.75) is 38.7 Å². The Kier molecular flexibility index (Phi) is 6.80. The van der Waals surface area contributed by atoms with Gasteiger partial charge in [0.05, 0.1) is 11.4 Å². The molecule has 1 rings (SSSR count). The van der Waals surface area contributed by atoms with Crippen molar-refractivity contribution in [3.8, 4) is 0 Å². The predicted octanol–water partition coefficient (Wildman–Crippen LogP) is 1.64. The molecule has 0 saturated heterocycles. The number of ether oxygens (including phenoxy) is 1. The van der Waals surface area contributed by atoms with Gasteiger partial charge in [-0.15, -0.1) is 0 Å². The first-order valence-electron chi connectivity index (χ1n) is 7.12. The van der Waals surface area contributed by atoms with E-state index in [9.17, 15) is 8.42 Å². The summed E-state index contributed by atoms with van der Waals surface area (Å²) in [7, 11) is -1.48. The Labute approximate surface area is 128 Å². The molecule has 0 aliphatic carbocycles. The zero-order valence-electron chi connectivity index (χ0n) is 13.3. The third-order valence-corrected chi connectivity index (χ3v) is 4.31. The van der Waals surface area contributed by atoms with Crippen LogP contribution in [0, 0.1) is 0 Å². The Balaban J connectivity index is 2.59. The van der Waals surface area contributed by atoms with Crippen LogP contribution in [-0.2, 0) is 27.1 Å². The summed E-state index contributed by atoms with van der Waals surface area (Å²) >= 11 is 0. The molecule has 0 amide bonds. The first kappa shape index (κ1) is 18.1. The molecule has 0 unspecified atom stereocenters. The molecule has 0 bridgehead atoms. The summed E-state index contributed by atoms with van der Waals surface area (Å²) in [4.78, 5) is 0. The van der Waals surface area contributed by atoms with E-state index < -0.39 is 15.6 Å². The molecular weight excluding hydrogens is 288 g/mol. The second kappa shape index (κ2) is 7.89. The summed E-state index contributed by atoms with van der Waals surface area (Å²) in [5, 5.41) is 3.06. The molecule has 0 spiro atoms.